The smallest absolute Gasteiger partial charge is 0.220 e. The number of aliphatic hydroxyl groups excluding tert-OH is 2. The van der Waals surface area contributed by atoms with Crippen molar-refractivity contribution in [1.29, 1.82) is 0 Å². The minimum Gasteiger partial charge on any atom is -0.394 e. The van der Waals surface area contributed by atoms with Gasteiger partial charge in [0.1, 0.15) is 0 Å². The molecule has 0 fully saturated rings. The fourth-order valence-corrected chi connectivity index (χ4v) is 5.82. The molecular weight excluding hydrogens is 518 g/mol. The molecule has 250 valence electrons. The summed E-state index contributed by atoms with van der Waals surface area (Å²) >= 11 is 0. The van der Waals surface area contributed by atoms with Crippen molar-refractivity contribution < 1.29 is 15.0 Å². The van der Waals surface area contributed by atoms with Crippen LogP contribution in [0.1, 0.15) is 206 Å². The van der Waals surface area contributed by atoms with E-state index >= 15 is 0 Å². The molecule has 4 nitrogen and oxygen atoms in total. The third kappa shape index (κ3) is 30.6. The zero-order valence-electron chi connectivity index (χ0n) is 28.5. The number of amides is 1. The van der Waals surface area contributed by atoms with Crippen LogP contribution in [0.5, 0.6) is 0 Å². The number of hydrogen-bond acceptors (Lipinski definition) is 3. The first-order chi connectivity index (χ1) is 20.7. The molecule has 0 aromatic heterocycles. The molecule has 0 bridgehead atoms. The van der Waals surface area contributed by atoms with E-state index in [2.05, 4.69) is 19.2 Å². The van der Waals surface area contributed by atoms with Crippen LogP contribution in [0.2, 0.25) is 0 Å². The summed E-state index contributed by atoms with van der Waals surface area (Å²) in [6.07, 6.45) is 41.6. The molecule has 0 aliphatic heterocycles. The highest BCUT2D eigenvalue weighted by Gasteiger charge is 2.17. The highest BCUT2D eigenvalue weighted by atomic mass is 16.3. The highest BCUT2D eigenvalue weighted by molar-refractivity contribution is 5.76. The van der Waals surface area contributed by atoms with Crippen LogP contribution in [0.3, 0.4) is 0 Å². The lowest BCUT2D eigenvalue weighted by molar-refractivity contribution is -0.123. The van der Waals surface area contributed by atoms with Crippen LogP contribution in [0.25, 0.3) is 0 Å². The number of carbonyl (C=O) groups excluding carboxylic acids is 1. The molecule has 2 atom stereocenters. The first-order valence-corrected chi connectivity index (χ1v) is 18.9. The van der Waals surface area contributed by atoms with Crippen LogP contribution in [-0.2, 0) is 4.79 Å². The van der Waals surface area contributed by atoms with E-state index in [0.717, 1.165) is 25.7 Å². The Balaban J connectivity index is 3.56. The van der Waals surface area contributed by atoms with E-state index < -0.39 is 12.1 Å². The second-order valence-corrected chi connectivity index (χ2v) is 13.0. The fraction of sp³-hybridized carbons (Fsp3) is 0.921. The summed E-state index contributed by atoms with van der Waals surface area (Å²) in [7, 11) is 0. The molecule has 2 unspecified atom stereocenters. The van der Waals surface area contributed by atoms with Crippen LogP contribution in [-0.4, -0.2) is 34.9 Å². The summed E-state index contributed by atoms with van der Waals surface area (Å²) in [5, 5.41) is 22.9. The first-order valence-electron chi connectivity index (χ1n) is 18.9. The zero-order valence-corrected chi connectivity index (χ0v) is 28.5. The van der Waals surface area contributed by atoms with E-state index in [1.165, 1.54) is 161 Å². The Morgan fingerprint density at radius 1 is 0.548 bits per heavy atom. The molecule has 0 aliphatic carbocycles. The third-order valence-electron chi connectivity index (χ3n) is 8.77. The van der Waals surface area contributed by atoms with Gasteiger partial charge in [-0.05, 0) is 19.3 Å². The number of rotatable bonds is 34. The van der Waals surface area contributed by atoms with Crippen molar-refractivity contribution in [2.45, 2.75) is 219 Å². The maximum absolute atomic E-state index is 12.3. The molecule has 0 heterocycles. The van der Waals surface area contributed by atoms with E-state index in [-0.39, 0.29) is 12.5 Å². The third-order valence-corrected chi connectivity index (χ3v) is 8.77. The summed E-state index contributed by atoms with van der Waals surface area (Å²) in [4.78, 5) is 12.3. The predicted molar refractivity (Wildman–Crippen MR) is 184 cm³/mol. The number of unbranched alkanes of at least 4 members (excludes halogenated alkanes) is 27. The van der Waals surface area contributed by atoms with Gasteiger partial charge in [-0.2, -0.15) is 0 Å². The van der Waals surface area contributed by atoms with Crippen molar-refractivity contribution >= 4 is 5.91 Å². The molecule has 0 aromatic rings. The second kappa shape index (κ2) is 34.6. The van der Waals surface area contributed by atoms with Crippen LogP contribution in [0.4, 0.5) is 0 Å². The molecule has 42 heavy (non-hydrogen) atoms. The molecule has 0 spiro atoms. The lowest BCUT2D eigenvalue weighted by Crippen LogP contribution is -2.45. The molecular formula is C38H75NO3. The van der Waals surface area contributed by atoms with Gasteiger partial charge < -0.3 is 15.5 Å². The number of allylic oxidation sites excluding steroid dienone is 1. The monoisotopic (exact) mass is 594 g/mol. The van der Waals surface area contributed by atoms with Gasteiger partial charge in [0.2, 0.25) is 5.91 Å². The van der Waals surface area contributed by atoms with Gasteiger partial charge in [0.25, 0.3) is 0 Å². The molecule has 0 saturated heterocycles. The van der Waals surface area contributed by atoms with Gasteiger partial charge in [-0.25, -0.2) is 0 Å². The quantitative estimate of drug-likeness (QED) is 0.0513. The van der Waals surface area contributed by atoms with Crippen molar-refractivity contribution in [3.8, 4) is 0 Å². The first kappa shape index (κ1) is 41.1. The topological polar surface area (TPSA) is 69.6 Å². The molecule has 0 radical (unpaired) electrons. The summed E-state index contributed by atoms with van der Waals surface area (Å²) in [6, 6.07) is -0.614. The van der Waals surface area contributed by atoms with Crippen LogP contribution >= 0.6 is 0 Å². The predicted octanol–water partition coefficient (Wildman–Crippen LogP) is 11.1. The molecule has 3 N–H and O–H groups in total. The minimum absolute atomic E-state index is 0.0643. The molecule has 1 amide bonds. The van der Waals surface area contributed by atoms with Crippen molar-refractivity contribution in [1.82, 2.24) is 5.32 Å². The van der Waals surface area contributed by atoms with Crippen molar-refractivity contribution in [3.63, 3.8) is 0 Å². The SMILES string of the molecule is CCCCCCCCCCCCCCCCCCC/C=C/C(O)C(CO)NC(=O)CCCCCCCCCCCCC. The van der Waals surface area contributed by atoms with Crippen LogP contribution in [0.15, 0.2) is 12.2 Å². The van der Waals surface area contributed by atoms with Gasteiger partial charge >= 0.3 is 0 Å². The number of hydrogen-bond donors (Lipinski definition) is 3. The Bertz CT molecular complexity index is 565. The van der Waals surface area contributed by atoms with E-state index in [0.29, 0.717) is 6.42 Å². The van der Waals surface area contributed by atoms with Gasteiger partial charge in [0, 0.05) is 6.42 Å². The lowest BCUT2D eigenvalue weighted by Gasteiger charge is -2.20. The van der Waals surface area contributed by atoms with Crippen molar-refractivity contribution in [2.24, 2.45) is 0 Å². The fourth-order valence-electron chi connectivity index (χ4n) is 5.82. The molecule has 0 rings (SSSR count). The number of aliphatic hydroxyl groups is 2. The Morgan fingerprint density at radius 3 is 1.24 bits per heavy atom. The maximum atomic E-state index is 12.3. The van der Waals surface area contributed by atoms with Gasteiger partial charge in [-0.3, -0.25) is 4.79 Å². The normalized spacial score (nSPS) is 13.1. The molecule has 0 saturated carbocycles. The van der Waals surface area contributed by atoms with Crippen LogP contribution in [0, 0.1) is 0 Å². The number of nitrogens with one attached hydrogen (secondary N) is 1. The van der Waals surface area contributed by atoms with E-state index in [9.17, 15) is 15.0 Å². The van der Waals surface area contributed by atoms with Gasteiger partial charge in [-0.15, -0.1) is 0 Å². The summed E-state index contributed by atoms with van der Waals surface area (Å²) in [6.45, 7) is 4.30. The second-order valence-electron chi connectivity index (χ2n) is 13.0. The average molecular weight is 594 g/mol. The Labute approximate surface area is 263 Å². The zero-order chi connectivity index (χ0) is 30.8. The Kier molecular flexibility index (Phi) is 33.9. The largest absolute Gasteiger partial charge is 0.394 e. The molecule has 0 aromatic carbocycles. The average Bonchev–Trinajstić information content (AvgIpc) is 2.99. The van der Waals surface area contributed by atoms with Gasteiger partial charge in [0.05, 0.1) is 18.8 Å². The molecule has 4 heteroatoms. The van der Waals surface area contributed by atoms with Gasteiger partial charge in [0.15, 0.2) is 0 Å². The lowest BCUT2D eigenvalue weighted by atomic mass is 10.0. The van der Waals surface area contributed by atoms with E-state index in [1.807, 2.05) is 6.08 Å². The van der Waals surface area contributed by atoms with Gasteiger partial charge in [-0.1, -0.05) is 193 Å². The van der Waals surface area contributed by atoms with Crippen LogP contribution < -0.4 is 5.32 Å². The van der Waals surface area contributed by atoms with Crippen molar-refractivity contribution in [3.05, 3.63) is 12.2 Å². The number of carbonyl (C=O) groups is 1. The Hall–Kier alpha value is -0.870. The minimum atomic E-state index is -0.831. The standard InChI is InChI=1S/C38H75NO3/c1-3-5-7-9-11-13-15-16-17-18-19-20-21-22-24-25-27-29-31-33-37(41)36(35-40)39-38(42)34-32-30-28-26-23-14-12-10-8-6-4-2/h31,33,36-37,40-41H,3-30,32,34-35H2,1-2H3,(H,39,42)/b33-31+. The summed E-state index contributed by atoms with van der Waals surface area (Å²) < 4.78 is 0. The summed E-state index contributed by atoms with van der Waals surface area (Å²) in [5.41, 5.74) is 0. The maximum Gasteiger partial charge on any atom is 0.220 e. The molecule has 0 aliphatic rings. The van der Waals surface area contributed by atoms with E-state index in [4.69, 9.17) is 0 Å². The highest BCUT2D eigenvalue weighted by Crippen LogP contribution is 2.15. The van der Waals surface area contributed by atoms with Crippen molar-refractivity contribution in [2.75, 3.05) is 6.61 Å². The van der Waals surface area contributed by atoms with E-state index in [1.54, 1.807) is 6.08 Å². The summed E-state index contributed by atoms with van der Waals surface area (Å²) in [5.74, 6) is -0.0643. The Morgan fingerprint density at radius 2 is 0.881 bits per heavy atom.